The lowest BCUT2D eigenvalue weighted by molar-refractivity contribution is 0.259. The minimum atomic E-state index is 0.333. The fourth-order valence-electron chi connectivity index (χ4n) is 1.15. The van der Waals surface area contributed by atoms with Gasteiger partial charge in [0.05, 0.1) is 0 Å². The van der Waals surface area contributed by atoms with Crippen molar-refractivity contribution in [3.63, 3.8) is 0 Å². The van der Waals surface area contributed by atoms with E-state index in [0.717, 1.165) is 6.42 Å². The van der Waals surface area contributed by atoms with Crippen LogP contribution in [0, 0.1) is 5.92 Å². The molecule has 1 atom stereocenters. The molecule has 1 nitrogen and oxygen atoms in total. The molecular formula is C11H22O. The molecule has 0 spiro atoms. The molecule has 0 aliphatic carbocycles. The van der Waals surface area contributed by atoms with Gasteiger partial charge in [0.15, 0.2) is 0 Å². The monoisotopic (exact) mass is 170 g/mol. The maximum atomic E-state index is 8.66. The quantitative estimate of drug-likeness (QED) is 0.582. The van der Waals surface area contributed by atoms with Gasteiger partial charge in [-0.3, -0.25) is 0 Å². The van der Waals surface area contributed by atoms with E-state index in [1.165, 1.54) is 25.7 Å². The van der Waals surface area contributed by atoms with Crippen LogP contribution in [0.3, 0.4) is 0 Å². The molecule has 12 heavy (non-hydrogen) atoms. The van der Waals surface area contributed by atoms with Gasteiger partial charge in [0, 0.05) is 6.61 Å². The van der Waals surface area contributed by atoms with Crippen LogP contribution < -0.4 is 0 Å². The number of aliphatic hydroxyl groups excluding tert-OH is 1. The van der Waals surface area contributed by atoms with Crippen LogP contribution >= 0.6 is 0 Å². The lowest BCUT2D eigenvalue weighted by atomic mass is 10.0. The summed E-state index contributed by atoms with van der Waals surface area (Å²) >= 11 is 0. The van der Waals surface area contributed by atoms with Crippen LogP contribution in [-0.2, 0) is 0 Å². The Bertz CT molecular complexity index is 108. The van der Waals surface area contributed by atoms with E-state index in [2.05, 4.69) is 26.0 Å². The number of hydrogen-bond acceptors (Lipinski definition) is 1. The molecule has 0 bridgehead atoms. The van der Waals surface area contributed by atoms with Gasteiger partial charge >= 0.3 is 0 Å². The molecule has 0 heterocycles. The van der Waals surface area contributed by atoms with Gasteiger partial charge in [-0.2, -0.15) is 0 Å². The lowest BCUT2D eigenvalue weighted by Crippen LogP contribution is -1.96. The first kappa shape index (κ1) is 11.7. The van der Waals surface area contributed by atoms with E-state index >= 15 is 0 Å². The van der Waals surface area contributed by atoms with E-state index in [1.54, 1.807) is 0 Å². The number of unbranched alkanes of at least 4 members (excludes halogenated alkanes) is 1. The van der Waals surface area contributed by atoms with Crippen molar-refractivity contribution >= 4 is 0 Å². The SMILES string of the molecule is CCC/C=C/CCC(C)CCO. The van der Waals surface area contributed by atoms with E-state index in [0.29, 0.717) is 12.5 Å². The largest absolute Gasteiger partial charge is 0.396 e. The van der Waals surface area contributed by atoms with Gasteiger partial charge in [0.1, 0.15) is 0 Å². The summed E-state index contributed by atoms with van der Waals surface area (Å²) in [6.07, 6.45) is 10.3. The molecule has 0 fully saturated rings. The van der Waals surface area contributed by atoms with E-state index in [1.807, 2.05) is 0 Å². The molecular weight excluding hydrogens is 148 g/mol. The van der Waals surface area contributed by atoms with Crippen molar-refractivity contribution in [2.75, 3.05) is 6.61 Å². The molecule has 1 heteroatoms. The van der Waals surface area contributed by atoms with Crippen molar-refractivity contribution in [3.8, 4) is 0 Å². The van der Waals surface area contributed by atoms with Crippen molar-refractivity contribution < 1.29 is 5.11 Å². The van der Waals surface area contributed by atoms with E-state index in [9.17, 15) is 0 Å². The highest BCUT2D eigenvalue weighted by atomic mass is 16.2. The molecule has 0 aliphatic heterocycles. The van der Waals surface area contributed by atoms with Gasteiger partial charge in [-0.05, 0) is 31.6 Å². The van der Waals surface area contributed by atoms with Crippen LogP contribution in [0.2, 0.25) is 0 Å². The molecule has 0 radical (unpaired) electrons. The third-order valence-electron chi connectivity index (χ3n) is 2.07. The van der Waals surface area contributed by atoms with Crippen LogP contribution in [0.5, 0.6) is 0 Å². The molecule has 0 amide bonds. The Balaban J connectivity index is 3.17. The Morgan fingerprint density at radius 2 is 1.83 bits per heavy atom. The van der Waals surface area contributed by atoms with Crippen molar-refractivity contribution in [2.24, 2.45) is 5.92 Å². The second kappa shape index (κ2) is 8.79. The van der Waals surface area contributed by atoms with Crippen molar-refractivity contribution in [3.05, 3.63) is 12.2 Å². The zero-order valence-corrected chi connectivity index (χ0v) is 8.42. The van der Waals surface area contributed by atoms with Crippen LogP contribution in [0.4, 0.5) is 0 Å². The molecule has 1 N–H and O–H groups in total. The maximum Gasteiger partial charge on any atom is 0.0433 e. The van der Waals surface area contributed by atoms with Gasteiger partial charge < -0.3 is 5.11 Å². The number of aliphatic hydroxyl groups is 1. The third-order valence-corrected chi connectivity index (χ3v) is 2.07. The van der Waals surface area contributed by atoms with E-state index in [4.69, 9.17) is 5.11 Å². The molecule has 0 rings (SSSR count). The summed E-state index contributed by atoms with van der Waals surface area (Å²) in [5.74, 6) is 0.668. The van der Waals surface area contributed by atoms with Crippen LogP contribution in [0.15, 0.2) is 12.2 Å². The predicted octanol–water partition coefficient (Wildman–Crippen LogP) is 3.14. The third kappa shape index (κ3) is 7.80. The van der Waals surface area contributed by atoms with Gasteiger partial charge in [-0.25, -0.2) is 0 Å². The molecule has 0 aliphatic rings. The zero-order chi connectivity index (χ0) is 9.23. The smallest absolute Gasteiger partial charge is 0.0433 e. The Morgan fingerprint density at radius 3 is 2.42 bits per heavy atom. The molecule has 1 unspecified atom stereocenters. The van der Waals surface area contributed by atoms with E-state index in [-0.39, 0.29) is 0 Å². The summed E-state index contributed by atoms with van der Waals surface area (Å²) in [6.45, 7) is 4.72. The van der Waals surface area contributed by atoms with Crippen LogP contribution in [0.25, 0.3) is 0 Å². The van der Waals surface area contributed by atoms with Gasteiger partial charge in [0.2, 0.25) is 0 Å². The topological polar surface area (TPSA) is 20.2 Å². The molecule has 0 saturated carbocycles. The highest BCUT2D eigenvalue weighted by Crippen LogP contribution is 2.09. The summed E-state index contributed by atoms with van der Waals surface area (Å²) < 4.78 is 0. The van der Waals surface area contributed by atoms with Crippen LogP contribution in [0.1, 0.15) is 46.0 Å². The predicted molar refractivity (Wildman–Crippen MR) is 54.1 cm³/mol. The first-order valence-corrected chi connectivity index (χ1v) is 5.07. The maximum absolute atomic E-state index is 8.66. The Morgan fingerprint density at radius 1 is 1.17 bits per heavy atom. The molecule has 0 aromatic carbocycles. The molecule has 0 saturated heterocycles. The average Bonchev–Trinajstić information content (AvgIpc) is 2.05. The fourth-order valence-corrected chi connectivity index (χ4v) is 1.15. The van der Waals surface area contributed by atoms with Crippen molar-refractivity contribution in [1.82, 2.24) is 0 Å². The fraction of sp³-hybridized carbons (Fsp3) is 0.818. The molecule has 72 valence electrons. The Kier molecular flexibility index (Phi) is 8.57. The normalized spacial score (nSPS) is 13.9. The number of hydrogen-bond donors (Lipinski definition) is 1. The highest BCUT2D eigenvalue weighted by molar-refractivity contribution is 4.81. The second-order valence-electron chi connectivity index (χ2n) is 3.45. The lowest BCUT2D eigenvalue weighted by Gasteiger charge is -2.06. The average molecular weight is 170 g/mol. The summed E-state index contributed by atoms with van der Waals surface area (Å²) in [6, 6.07) is 0. The first-order chi connectivity index (χ1) is 5.81. The van der Waals surface area contributed by atoms with Gasteiger partial charge in [-0.1, -0.05) is 32.4 Å². The summed E-state index contributed by atoms with van der Waals surface area (Å²) in [4.78, 5) is 0. The number of rotatable bonds is 7. The summed E-state index contributed by atoms with van der Waals surface area (Å²) in [5.41, 5.74) is 0. The van der Waals surface area contributed by atoms with Crippen molar-refractivity contribution in [2.45, 2.75) is 46.0 Å². The highest BCUT2D eigenvalue weighted by Gasteiger charge is 1.97. The van der Waals surface area contributed by atoms with E-state index < -0.39 is 0 Å². The number of allylic oxidation sites excluding steroid dienone is 2. The zero-order valence-electron chi connectivity index (χ0n) is 8.42. The summed E-state index contributed by atoms with van der Waals surface area (Å²) in [7, 11) is 0. The van der Waals surface area contributed by atoms with Gasteiger partial charge in [0.25, 0.3) is 0 Å². The second-order valence-corrected chi connectivity index (χ2v) is 3.45. The van der Waals surface area contributed by atoms with Crippen LogP contribution in [-0.4, -0.2) is 11.7 Å². The summed E-state index contributed by atoms with van der Waals surface area (Å²) in [5, 5.41) is 8.66. The minimum absolute atomic E-state index is 0.333. The minimum Gasteiger partial charge on any atom is -0.396 e. The Labute approximate surface area is 76.5 Å². The van der Waals surface area contributed by atoms with Crippen molar-refractivity contribution in [1.29, 1.82) is 0 Å². The molecule has 0 aromatic rings. The Hall–Kier alpha value is -0.300. The first-order valence-electron chi connectivity index (χ1n) is 5.07. The van der Waals surface area contributed by atoms with Gasteiger partial charge in [-0.15, -0.1) is 0 Å². The molecule has 0 aromatic heterocycles. The standard InChI is InChI=1S/C11H22O/c1-3-4-5-6-7-8-11(2)9-10-12/h5-6,11-12H,3-4,7-10H2,1-2H3/b6-5+.